The monoisotopic (exact) mass is 301 g/mol. The van der Waals surface area contributed by atoms with Gasteiger partial charge < -0.3 is 5.21 Å². The van der Waals surface area contributed by atoms with E-state index in [1.54, 1.807) is 5.57 Å². The van der Waals surface area contributed by atoms with Crippen molar-refractivity contribution in [1.29, 1.82) is 0 Å². The van der Waals surface area contributed by atoms with Crippen LogP contribution in [0.1, 0.15) is 60.8 Å². The Bertz CT molecular complexity index is 579. The van der Waals surface area contributed by atoms with Gasteiger partial charge in [0.15, 0.2) is 0 Å². The average molecular weight is 301 g/mol. The molecule has 2 heteroatoms. The lowest BCUT2D eigenvalue weighted by atomic mass is 9.62. The predicted octanol–water partition coefficient (Wildman–Crippen LogP) is 5.13. The molecule has 4 bridgehead atoms. The van der Waals surface area contributed by atoms with Crippen LogP contribution in [-0.2, 0) is 0 Å². The number of hydrogen-bond acceptors (Lipinski definition) is 2. The third kappa shape index (κ3) is 1.50. The molecular formula is C20H31NO. The van der Waals surface area contributed by atoms with Gasteiger partial charge in [0.25, 0.3) is 0 Å². The molecule has 4 rings (SSSR count). The van der Waals surface area contributed by atoms with Crippen LogP contribution in [0.25, 0.3) is 0 Å². The number of allylic oxidation sites excluding steroid dienone is 2. The van der Waals surface area contributed by atoms with Gasteiger partial charge in [-0.3, -0.25) is 0 Å². The lowest BCUT2D eigenvalue weighted by Gasteiger charge is -2.42. The second-order valence-electron chi connectivity index (χ2n) is 9.78. The molecule has 6 atom stereocenters. The minimum atomic E-state index is 0.349. The fourth-order valence-electron chi connectivity index (χ4n) is 6.55. The van der Waals surface area contributed by atoms with Crippen molar-refractivity contribution in [2.24, 2.45) is 51.5 Å². The standard InChI is InChI=1S/C20H31NO/c1-10-13-7-12(19(10,3)4)8-15(13)17-16-9-14(18(17)21-22)11(2)20(16,5)6/h10-14,16,22H,7-9H2,1-6H3/b17-15-,21-18-/t10-,11-,12-,13-,14-,16-/m1/s1. The van der Waals surface area contributed by atoms with E-state index >= 15 is 0 Å². The first-order valence-corrected chi connectivity index (χ1v) is 9.16. The zero-order chi connectivity index (χ0) is 16.0. The van der Waals surface area contributed by atoms with Crippen LogP contribution in [0.3, 0.4) is 0 Å². The smallest absolute Gasteiger partial charge is 0.0864 e. The largest absolute Gasteiger partial charge is 0.411 e. The molecule has 0 heterocycles. The highest BCUT2D eigenvalue weighted by molar-refractivity contribution is 6.06. The molecule has 0 aromatic heterocycles. The SMILES string of the molecule is C[C@@H]1[C@H]2C[C@H](C/C2=C2/C(=N\O)[C@@H]3C[C@H]2C(C)(C)[C@@H]3C)C1(C)C. The van der Waals surface area contributed by atoms with Crippen LogP contribution in [-0.4, -0.2) is 10.9 Å². The van der Waals surface area contributed by atoms with Crippen LogP contribution in [0.15, 0.2) is 16.3 Å². The Morgan fingerprint density at radius 2 is 1.59 bits per heavy atom. The fourth-order valence-corrected chi connectivity index (χ4v) is 6.55. The van der Waals surface area contributed by atoms with Gasteiger partial charge in [0, 0.05) is 5.92 Å². The molecular weight excluding hydrogens is 270 g/mol. The minimum absolute atomic E-state index is 0.349. The van der Waals surface area contributed by atoms with E-state index in [1.165, 1.54) is 24.8 Å². The van der Waals surface area contributed by atoms with E-state index in [-0.39, 0.29) is 0 Å². The van der Waals surface area contributed by atoms with E-state index in [2.05, 4.69) is 46.7 Å². The molecule has 0 amide bonds. The van der Waals surface area contributed by atoms with Crippen LogP contribution in [0.5, 0.6) is 0 Å². The molecule has 22 heavy (non-hydrogen) atoms. The average Bonchev–Trinajstić information content (AvgIpc) is 3.14. The van der Waals surface area contributed by atoms with Crippen LogP contribution in [0.4, 0.5) is 0 Å². The third-order valence-electron chi connectivity index (χ3n) is 8.88. The first-order valence-electron chi connectivity index (χ1n) is 9.16. The molecule has 0 aliphatic heterocycles. The molecule has 0 saturated heterocycles. The summed E-state index contributed by atoms with van der Waals surface area (Å²) in [5.74, 6) is 4.04. The van der Waals surface area contributed by atoms with Gasteiger partial charge in [0.05, 0.1) is 5.71 Å². The highest BCUT2D eigenvalue weighted by atomic mass is 16.4. The van der Waals surface area contributed by atoms with Crippen LogP contribution >= 0.6 is 0 Å². The third-order valence-corrected chi connectivity index (χ3v) is 8.88. The maximum atomic E-state index is 9.70. The fraction of sp³-hybridized carbons (Fsp3) is 0.850. The first-order chi connectivity index (χ1) is 10.2. The van der Waals surface area contributed by atoms with Crippen molar-refractivity contribution < 1.29 is 5.21 Å². The van der Waals surface area contributed by atoms with E-state index in [1.807, 2.05) is 0 Å². The summed E-state index contributed by atoms with van der Waals surface area (Å²) in [6.07, 6.45) is 3.82. The highest BCUT2D eigenvalue weighted by Crippen LogP contribution is 2.66. The van der Waals surface area contributed by atoms with Crippen LogP contribution in [0.2, 0.25) is 0 Å². The van der Waals surface area contributed by atoms with Gasteiger partial charge in [-0.1, -0.05) is 52.3 Å². The Balaban J connectivity index is 1.81. The molecule has 4 saturated carbocycles. The number of rotatable bonds is 0. The molecule has 122 valence electrons. The molecule has 0 unspecified atom stereocenters. The van der Waals surface area contributed by atoms with Gasteiger partial charge in [-0.25, -0.2) is 0 Å². The maximum Gasteiger partial charge on any atom is 0.0864 e. The van der Waals surface area contributed by atoms with E-state index in [4.69, 9.17) is 0 Å². The van der Waals surface area contributed by atoms with Crippen molar-refractivity contribution in [3.63, 3.8) is 0 Å². The molecule has 4 fully saturated rings. The van der Waals surface area contributed by atoms with Gasteiger partial charge in [0.1, 0.15) is 0 Å². The highest BCUT2D eigenvalue weighted by Gasteiger charge is 2.60. The van der Waals surface area contributed by atoms with Gasteiger partial charge in [-0.05, 0) is 65.3 Å². The summed E-state index contributed by atoms with van der Waals surface area (Å²) in [4.78, 5) is 0. The van der Waals surface area contributed by atoms with E-state index in [0.29, 0.717) is 28.6 Å². The van der Waals surface area contributed by atoms with Crippen LogP contribution < -0.4 is 0 Å². The van der Waals surface area contributed by atoms with E-state index in [9.17, 15) is 5.21 Å². The zero-order valence-corrected chi connectivity index (χ0v) is 15.0. The maximum absolute atomic E-state index is 9.70. The lowest BCUT2D eigenvalue weighted by Crippen LogP contribution is -2.37. The molecule has 0 spiro atoms. The molecule has 0 radical (unpaired) electrons. The summed E-state index contributed by atoms with van der Waals surface area (Å²) in [5, 5.41) is 13.5. The number of oxime groups is 1. The van der Waals surface area contributed by atoms with Gasteiger partial charge >= 0.3 is 0 Å². The second-order valence-corrected chi connectivity index (χ2v) is 9.78. The molecule has 0 aromatic rings. The Morgan fingerprint density at radius 1 is 0.955 bits per heavy atom. The van der Waals surface area contributed by atoms with E-state index < -0.39 is 0 Å². The second kappa shape index (κ2) is 4.19. The summed E-state index contributed by atoms with van der Waals surface area (Å²) < 4.78 is 0. The Kier molecular flexibility index (Phi) is 2.81. The number of fused-ring (bicyclic) bond motifs is 4. The van der Waals surface area contributed by atoms with E-state index in [0.717, 1.165) is 23.5 Å². The normalized spacial score (nSPS) is 52.9. The molecule has 2 nitrogen and oxygen atoms in total. The Labute approximate surface area is 135 Å². The summed E-state index contributed by atoms with van der Waals surface area (Å²) in [7, 11) is 0. The number of hydrogen-bond donors (Lipinski definition) is 1. The number of nitrogens with zero attached hydrogens (tertiary/aromatic N) is 1. The van der Waals surface area contributed by atoms with Crippen molar-refractivity contribution in [3.05, 3.63) is 11.1 Å². The van der Waals surface area contributed by atoms with Crippen molar-refractivity contribution in [2.75, 3.05) is 0 Å². The Hall–Kier alpha value is -0.790. The van der Waals surface area contributed by atoms with Gasteiger partial charge in [0.2, 0.25) is 0 Å². The molecule has 0 aromatic carbocycles. The van der Waals surface area contributed by atoms with Gasteiger partial charge in [-0.15, -0.1) is 0 Å². The first kappa shape index (κ1) is 14.8. The quantitative estimate of drug-likeness (QED) is 0.488. The van der Waals surface area contributed by atoms with Crippen molar-refractivity contribution in [3.8, 4) is 0 Å². The van der Waals surface area contributed by atoms with Crippen molar-refractivity contribution in [1.82, 2.24) is 0 Å². The van der Waals surface area contributed by atoms with Crippen molar-refractivity contribution >= 4 is 5.71 Å². The van der Waals surface area contributed by atoms with Crippen molar-refractivity contribution in [2.45, 2.75) is 60.8 Å². The lowest BCUT2D eigenvalue weighted by molar-refractivity contribution is 0.160. The molecule has 4 aliphatic carbocycles. The minimum Gasteiger partial charge on any atom is -0.411 e. The Morgan fingerprint density at radius 3 is 2.14 bits per heavy atom. The van der Waals surface area contributed by atoms with Crippen LogP contribution in [0, 0.1) is 46.3 Å². The summed E-state index contributed by atoms with van der Waals surface area (Å²) in [6, 6.07) is 0. The topological polar surface area (TPSA) is 32.6 Å². The summed E-state index contributed by atoms with van der Waals surface area (Å²) in [5.41, 5.74) is 5.06. The predicted molar refractivity (Wildman–Crippen MR) is 89.9 cm³/mol. The summed E-state index contributed by atoms with van der Waals surface area (Å²) in [6.45, 7) is 14.6. The molecule has 4 aliphatic rings. The van der Waals surface area contributed by atoms with Gasteiger partial charge in [-0.2, -0.15) is 0 Å². The molecule has 1 N–H and O–H groups in total. The summed E-state index contributed by atoms with van der Waals surface area (Å²) >= 11 is 0. The zero-order valence-electron chi connectivity index (χ0n) is 15.0.